The summed E-state index contributed by atoms with van der Waals surface area (Å²) >= 11 is 0. The Morgan fingerprint density at radius 3 is 2.29 bits per heavy atom. The van der Waals surface area contributed by atoms with Crippen LogP contribution in [0, 0.1) is 5.82 Å². The molecular weight excluding hydrogens is 470 g/mol. The first kappa shape index (κ1) is 26.5. The fourth-order valence-corrected chi connectivity index (χ4v) is 4.78. The molecule has 0 amide bonds. The maximum atomic E-state index is 13.6. The van der Waals surface area contributed by atoms with E-state index < -0.39 is 25.8 Å². The fourth-order valence-electron chi connectivity index (χ4n) is 3.94. The van der Waals surface area contributed by atoms with Gasteiger partial charge in [0.15, 0.2) is 5.82 Å². The summed E-state index contributed by atoms with van der Waals surface area (Å²) in [7, 11) is -1.39. The second-order valence-corrected chi connectivity index (χ2v) is 9.99. The monoisotopic (exact) mass is 499 g/mol. The molecule has 3 aromatic rings. The second kappa shape index (κ2) is 12.1. The predicted molar refractivity (Wildman–Crippen MR) is 132 cm³/mol. The molecule has 3 rings (SSSR count). The Balaban J connectivity index is 1.99. The van der Waals surface area contributed by atoms with Crippen LogP contribution in [0.25, 0.3) is 22.6 Å². The van der Waals surface area contributed by atoms with Crippen molar-refractivity contribution in [2.45, 2.75) is 50.8 Å². The fraction of sp³-hybridized carbons (Fsp3) is 0.346. The number of carboxylic acid groups (broad SMARTS) is 1. The standard InChI is InChI=1S/C26H28FN2O5P/c1-16(2)22-20(10-7-11-21(30)24(26(31)32)35(33)34-3)23(17-12-14-19(27)15-13-17)29-25(28-22)18-8-5-4-6-9-18/h4-6,8-9,12-16,21,24,30H,7,10-11H2,1-3H3/p+1. The smallest absolute Gasteiger partial charge is 0.478 e. The SMILES string of the molecule is CO[P+](=O)C(C(=O)O)C(O)CCCc1c(-c2ccc(F)cc2)nc(-c2ccccc2)nc1C(C)C. The van der Waals surface area contributed by atoms with E-state index in [-0.39, 0.29) is 18.2 Å². The lowest BCUT2D eigenvalue weighted by atomic mass is 9.93. The number of aliphatic carboxylic acids is 1. The Labute approximate surface area is 204 Å². The van der Waals surface area contributed by atoms with Gasteiger partial charge in [0, 0.05) is 16.7 Å². The highest BCUT2D eigenvalue weighted by Gasteiger charge is 2.45. The first-order valence-electron chi connectivity index (χ1n) is 11.4. The van der Waals surface area contributed by atoms with Gasteiger partial charge in [-0.3, -0.25) is 0 Å². The highest BCUT2D eigenvalue weighted by Crippen LogP contribution is 2.34. The molecule has 2 N–H and O–H groups in total. The first-order chi connectivity index (χ1) is 16.7. The van der Waals surface area contributed by atoms with Gasteiger partial charge >= 0.3 is 19.7 Å². The van der Waals surface area contributed by atoms with Gasteiger partial charge < -0.3 is 10.2 Å². The Kier molecular flexibility index (Phi) is 9.15. The topological polar surface area (TPSA) is 110 Å². The van der Waals surface area contributed by atoms with Crippen molar-refractivity contribution < 1.29 is 28.5 Å². The van der Waals surface area contributed by atoms with Crippen LogP contribution in [0.4, 0.5) is 4.39 Å². The molecule has 9 heteroatoms. The minimum atomic E-state index is -2.54. The van der Waals surface area contributed by atoms with Crippen LogP contribution in [0.5, 0.6) is 0 Å². The van der Waals surface area contributed by atoms with Crippen LogP contribution >= 0.6 is 8.03 Å². The molecule has 0 aliphatic carbocycles. The van der Waals surface area contributed by atoms with Crippen molar-refractivity contribution in [2.75, 3.05) is 7.11 Å². The molecule has 0 fully saturated rings. The molecule has 2 aromatic carbocycles. The van der Waals surface area contributed by atoms with Crippen LogP contribution in [0.3, 0.4) is 0 Å². The molecule has 35 heavy (non-hydrogen) atoms. The van der Waals surface area contributed by atoms with Gasteiger partial charge in [-0.05, 0) is 54.0 Å². The van der Waals surface area contributed by atoms with Gasteiger partial charge in [-0.15, -0.1) is 4.52 Å². The van der Waals surface area contributed by atoms with E-state index in [1.54, 1.807) is 12.1 Å². The van der Waals surface area contributed by atoms with E-state index in [9.17, 15) is 24.0 Å². The average molecular weight is 499 g/mol. The summed E-state index contributed by atoms with van der Waals surface area (Å²) < 4.78 is 30.3. The van der Waals surface area contributed by atoms with Gasteiger partial charge in [0.2, 0.25) is 0 Å². The molecule has 0 aliphatic rings. The minimum absolute atomic E-state index is 0.0503. The zero-order valence-corrected chi connectivity index (χ0v) is 20.8. The Morgan fingerprint density at radius 2 is 1.71 bits per heavy atom. The highest BCUT2D eigenvalue weighted by atomic mass is 31.1. The van der Waals surface area contributed by atoms with E-state index >= 15 is 0 Å². The third-order valence-electron chi connectivity index (χ3n) is 5.69. The molecule has 0 radical (unpaired) electrons. The predicted octanol–water partition coefficient (Wildman–Crippen LogP) is 5.60. The maximum absolute atomic E-state index is 13.6. The number of rotatable bonds is 11. The summed E-state index contributed by atoms with van der Waals surface area (Å²) in [4.78, 5) is 21.2. The van der Waals surface area contributed by atoms with E-state index in [1.807, 2.05) is 44.2 Å². The van der Waals surface area contributed by atoms with E-state index in [0.29, 0.717) is 24.4 Å². The Hall–Kier alpha value is -3.06. The van der Waals surface area contributed by atoms with E-state index in [0.717, 1.165) is 29.5 Å². The van der Waals surface area contributed by atoms with Gasteiger partial charge in [-0.2, -0.15) is 0 Å². The second-order valence-electron chi connectivity index (χ2n) is 8.50. The Bertz CT molecular complexity index is 1170. The van der Waals surface area contributed by atoms with Crippen molar-refractivity contribution >= 4 is 14.0 Å². The van der Waals surface area contributed by atoms with Crippen molar-refractivity contribution in [3.63, 3.8) is 0 Å². The van der Waals surface area contributed by atoms with Crippen LogP contribution in [-0.2, 0) is 20.3 Å². The largest absolute Gasteiger partial charge is 0.525 e. The molecule has 1 heterocycles. The summed E-state index contributed by atoms with van der Waals surface area (Å²) in [5, 5.41) is 19.8. The van der Waals surface area contributed by atoms with Crippen molar-refractivity contribution in [1.82, 2.24) is 9.97 Å². The molecule has 3 atom stereocenters. The lowest BCUT2D eigenvalue weighted by molar-refractivity contribution is -0.138. The van der Waals surface area contributed by atoms with Crippen molar-refractivity contribution in [2.24, 2.45) is 0 Å². The van der Waals surface area contributed by atoms with Crippen molar-refractivity contribution in [3.05, 3.63) is 71.7 Å². The van der Waals surface area contributed by atoms with E-state index in [2.05, 4.69) is 4.52 Å². The molecule has 3 unspecified atom stereocenters. The molecule has 184 valence electrons. The number of carboxylic acids is 1. The molecule has 7 nitrogen and oxygen atoms in total. The number of halogens is 1. The van der Waals surface area contributed by atoms with E-state index in [4.69, 9.17) is 9.97 Å². The summed E-state index contributed by atoms with van der Waals surface area (Å²) in [6.07, 6.45) is -0.387. The third kappa shape index (κ3) is 6.54. The molecule has 0 saturated heterocycles. The van der Waals surface area contributed by atoms with Crippen LogP contribution < -0.4 is 0 Å². The van der Waals surface area contributed by atoms with Crippen molar-refractivity contribution in [1.29, 1.82) is 0 Å². The summed E-state index contributed by atoms with van der Waals surface area (Å²) in [5.74, 6) is -1.12. The normalized spacial score (nSPS) is 13.5. The van der Waals surface area contributed by atoms with Crippen LogP contribution in [-0.4, -0.2) is 45.0 Å². The highest BCUT2D eigenvalue weighted by molar-refractivity contribution is 7.41. The number of aliphatic hydroxyl groups excluding tert-OH is 1. The Morgan fingerprint density at radius 1 is 1.06 bits per heavy atom. The molecule has 0 aliphatic heterocycles. The number of aliphatic hydroxyl groups is 1. The minimum Gasteiger partial charge on any atom is -0.478 e. The number of aromatic nitrogens is 2. The quantitative estimate of drug-likeness (QED) is 0.331. The van der Waals surface area contributed by atoms with Gasteiger partial charge in [0.1, 0.15) is 11.9 Å². The molecular formula is C26H29FN2O5P+. The number of hydrogen-bond acceptors (Lipinski definition) is 6. The molecule has 0 bridgehead atoms. The van der Waals surface area contributed by atoms with Crippen LogP contribution in [0.2, 0.25) is 0 Å². The summed E-state index contributed by atoms with van der Waals surface area (Å²) in [5.41, 5.74) is 2.41. The summed E-state index contributed by atoms with van der Waals surface area (Å²) in [6, 6.07) is 15.7. The van der Waals surface area contributed by atoms with Gasteiger partial charge in [-0.1, -0.05) is 44.2 Å². The number of benzene rings is 2. The van der Waals surface area contributed by atoms with Crippen LogP contribution in [0.15, 0.2) is 54.6 Å². The average Bonchev–Trinajstić information content (AvgIpc) is 2.84. The van der Waals surface area contributed by atoms with Gasteiger partial charge in [0.25, 0.3) is 0 Å². The maximum Gasteiger partial charge on any atom is 0.525 e. The molecule has 1 aromatic heterocycles. The third-order valence-corrected chi connectivity index (χ3v) is 7.07. The van der Waals surface area contributed by atoms with Crippen LogP contribution in [0.1, 0.15) is 43.9 Å². The van der Waals surface area contributed by atoms with E-state index in [1.165, 1.54) is 12.1 Å². The zero-order chi connectivity index (χ0) is 25.5. The molecule has 0 saturated carbocycles. The summed E-state index contributed by atoms with van der Waals surface area (Å²) in [6.45, 7) is 4.04. The number of hydrogen-bond donors (Lipinski definition) is 2. The first-order valence-corrected chi connectivity index (χ1v) is 12.6. The van der Waals surface area contributed by atoms with Gasteiger partial charge in [0.05, 0.1) is 18.5 Å². The number of nitrogens with zero attached hydrogens (tertiary/aromatic N) is 2. The molecule has 0 spiro atoms. The zero-order valence-electron chi connectivity index (χ0n) is 19.9. The number of carbonyl (C=O) groups is 1. The van der Waals surface area contributed by atoms with Gasteiger partial charge in [-0.25, -0.2) is 19.2 Å². The lowest BCUT2D eigenvalue weighted by Crippen LogP contribution is -2.31. The van der Waals surface area contributed by atoms with Crippen molar-refractivity contribution in [3.8, 4) is 22.6 Å². The lowest BCUT2D eigenvalue weighted by Gasteiger charge is -2.19.